The molecule has 11 aromatic carbocycles. The Kier molecular flexibility index (Phi) is 8.53. The molecule has 13 rings (SSSR count). The van der Waals surface area contributed by atoms with Gasteiger partial charge in [0.15, 0.2) is 0 Å². The molecule has 3 nitrogen and oxygen atoms in total. The fourth-order valence-corrected chi connectivity index (χ4v) is 10.2. The summed E-state index contributed by atoms with van der Waals surface area (Å²) in [6, 6.07) is 87.7. The molecule has 0 aliphatic heterocycles. The molecule has 0 aliphatic rings. The maximum Gasteiger partial charge on any atom is 0.143 e. The summed E-state index contributed by atoms with van der Waals surface area (Å²) in [6.45, 7) is 0. The van der Waals surface area contributed by atoms with Gasteiger partial charge in [0.25, 0.3) is 0 Å². The van der Waals surface area contributed by atoms with Crippen LogP contribution in [-0.2, 0) is 0 Å². The number of benzene rings is 11. The molecule has 0 radical (unpaired) electrons. The monoisotopic (exact) mass is 828 g/mol. The number of furan rings is 1. The summed E-state index contributed by atoms with van der Waals surface area (Å²) in [7, 11) is 0. The van der Waals surface area contributed by atoms with E-state index in [1.165, 1.54) is 54.6 Å². The van der Waals surface area contributed by atoms with Crippen LogP contribution in [0.5, 0.6) is 0 Å². The Bertz CT molecular complexity index is 3930. The van der Waals surface area contributed by atoms with Gasteiger partial charge >= 0.3 is 0 Å². The molecule has 0 amide bonds. The van der Waals surface area contributed by atoms with Crippen molar-refractivity contribution in [1.29, 1.82) is 0 Å². The van der Waals surface area contributed by atoms with Crippen LogP contribution < -0.4 is 4.90 Å². The van der Waals surface area contributed by atoms with E-state index in [1.54, 1.807) is 0 Å². The Morgan fingerprint density at radius 1 is 0.338 bits per heavy atom. The molecule has 0 unspecified atom stereocenters. The maximum atomic E-state index is 6.49. The van der Waals surface area contributed by atoms with Crippen molar-refractivity contribution in [2.24, 2.45) is 0 Å². The van der Waals surface area contributed by atoms with Crippen LogP contribution in [0.15, 0.2) is 247 Å². The van der Waals surface area contributed by atoms with Crippen LogP contribution in [0, 0.1) is 0 Å². The average Bonchev–Trinajstić information content (AvgIpc) is 3.93. The highest BCUT2D eigenvalue weighted by atomic mass is 16.3. The minimum atomic E-state index is 0.899. The lowest BCUT2D eigenvalue weighted by molar-refractivity contribution is 0.670. The summed E-state index contributed by atoms with van der Waals surface area (Å²) in [5.74, 6) is 0. The molecule has 0 bridgehead atoms. The first-order valence-corrected chi connectivity index (χ1v) is 22.2. The number of hydrogen-bond acceptors (Lipinski definition) is 2. The number of hydrogen-bond donors (Lipinski definition) is 0. The van der Waals surface area contributed by atoms with Crippen LogP contribution in [0.4, 0.5) is 17.1 Å². The molecule has 0 N–H and O–H groups in total. The van der Waals surface area contributed by atoms with Gasteiger partial charge in [0.1, 0.15) is 11.2 Å². The highest BCUT2D eigenvalue weighted by Gasteiger charge is 2.23. The van der Waals surface area contributed by atoms with Crippen molar-refractivity contribution >= 4 is 82.4 Å². The average molecular weight is 829 g/mol. The van der Waals surface area contributed by atoms with Crippen LogP contribution in [0.1, 0.15) is 0 Å². The van der Waals surface area contributed by atoms with Crippen molar-refractivity contribution in [1.82, 2.24) is 4.57 Å². The van der Waals surface area contributed by atoms with Gasteiger partial charge in [-0.2, -0.15) is 0 Å². The van der Waals surface area contributed by atoms with Crippen molar-refractivity contribution in [2.45, 2.75) is 0 Å². The number of fused-ring (bicyclic) bond motifs is 9. The second kappa shape index (κ2) is 15.0. The fraction of sp³-hybridized carbons (Fsp3) is 0. The van der Waals surface area contributed by atoms with Crippen LogP contribution in [0.2, 0.25) is 0 Å². The number of anilines is 3. The molecule has 0 saturated heterocycles. The number of rotatable bonds is 7. The van der Waals surface area contributed by atoms with Gasteiger partial charge in [0.05, 0.1) is 22.4 Å². The van der Waals surface area contributed by atoms with E-state index in [4.69, 9.17) is 4.42 Å². The first-order chi connectivity index (χ1) is 32.2. The number of para-hydroxylation sites is 5. The third kappa shape index (κ3) is 6.05. The van der Waals surface area contributed by atoms with Crippen LogP contribution in [0.25, 0.3) is 104 Å². The smallest absolute Gasteiger partial charge is 0.143 e. The Morgan fingerprint density at radius 3 is 1.78 bits per heavy atom. The van der Waals surface area contributed by atoms with E-state index in [2.05, 4.69) is 240 Å². The van der Waals surface area contributed by atoms with Crippen LogP contribution in [-0.4, -0.2) is 4.57 Å². The molecule has 2 heterocycles. The van der Waals surface area contributed by atoms with E-state index < -0.39 is 0 Å². The first-order valence-electron chi connectivity index (χ1n) is 22.2. The lowest BCUT2D eigenvalue weighted by Crippen LogP contribution is -2.13. The Balaban J connectivity index is 1.01. The summed E-state index contributed by atoms with van der Waals surface area (Å²) in [5.41, 5.74) is 15.4. The Morgan fingerprint density at radius 2 is 0.938 bits per heavy atom. The van der Waals surface area contributed by atoms with E-state index in [0.717, 1.165) is 66.8 Å². The third-order valence-corrected chi connectivity index (χ3v) is 13.2. The predicted octanol–water partition coefficient (Wildman–Crippen LogP) is 17.5. The molecular weight excluding hydrogens is 789 g/mol. The van der Waals surface area contributed by atoms with E-state index in [-0.39, 0.29) is 0 Å². The largest absolute Gasteiger partial charge is 0.455 e. The molecule has 0 saturated carbocycles. The van der Waals surface area contributed by atoms with Gasteiger partial charge in [0, 0.05) is 38.5 Å². The second-order valence-electron chi connectivity index (χ2n) is 16.8. The van der Waals surface area contributed by atoms with Gasteiger partial charge in [-0.05, 0) is 110 Å². The van der Waals surface area contributed by atoms with Gasteiger partial charge in [-0.25, -0.2) is 0 Å². The normalized spacial score (nSPS) is 11.7. The van der Waals surface area contributed by atoms with E-state index in [1.807, 2.05) is 12.1 Å². The molecule has 3 heteroatoms. The van der Waals surface area contributed by atoms with Crippen molar-refractivity contribution in [3.8, 4) is 39.1 Å². The van der Waals surface area contributed by atoms with E-state index in [0.29, 0.717) is 0 Å². The van der Waals surface area contributed by atoms with E-state index in [9.17, 15) is 0 Å². The quantitative estimate of drug-likeness (QED) is 0.160. The predicted molar refractivity (Wildman–Crippen MR) is 274 cm³/mol. The van der Waals surface area contributed by atoms with Gasteiger partial charge in [-0.3, -0.25) is 0 Å². The van der Waals surface area contributed by atoms with Crippen LogP contribution in [0.3, 0.4) is 0 Å². The summed E-state index contributed by atoms with van der Waals surface area (Å²) < 4.78 is 8.96. The molecular formula is C62H40N2O. The standard InChI is InChI=1S/C62H40N2O/c1-2-14-41(15-3-1)43-30-35-48(36-31-43)63(49-37-32-44(33-38-49)51-22-13-23-53-52-19-7-11-27-59(52)65-62(51)53)56-25-9-10-26-57(56)64-55-24-8-6-20-54(55)61-58(64)39-34-45-18-12-21-50(60(45)61)47-29-28-42-16-4-5-17-46(42)40-47/h1-40H. The summed E-state index contributed by atoms with van der Waals surface area (Å²) in [5, 5.41) is 9.69. The second-order valence-corrected chi connectivity index (χ2v) is 16.8. The van der Waals surface area contributed by atoms with Crippen molar-refractivity contribution < 1.29 is 4.42 Å². The Hall–Kier alpha value is -8.66. The molecule has 0 atom stereocenters. The molecule has 0 aliphatic carbocycles. The zero-order chi connectivity index (χ0) is 42.8. The lowest BCUT2D eigenvalue weighted by Gasteiger charge is -2.28. The minimum absolute atomic E-state index is 0.899. The van der Waals surface area contributed by atoms with Crippen LogP contribution >= 0.6 is 0 Å². The van der Waals surface area contributed by atoms with E-state index >= 15 is 0 Å². The number of aromatic nitrogens is 1. The third-order valence-electron chi connectivity index (χ3n) is 13.2. The van der Waals surface area contributed by atoms with Gasteiger partial charge < -0.3 is 13.9 Å². The van der Waals surface area contributed by atoms with Gasteiger partial charge in [-0.15, -0.1) is 0 Å². The first kappa shape index (κ1) is 36.9. The SMILES string of the molecule is c1ccc(-c2ccc(N(c3ccc(-c4cccc5c4oc4ccccc45)cc3)c3ccccc3-n3c4ccccc4c4c5c(-c6ccc7ccccc7c6)cccc5ccc43)cc2)cc1. The van der Waals surface area contributed by atoms with Gasteiger partial charge in [-0.1, -0.05) is 182 Å². The topological polar surface area (TPSA) is 21.3 Å². The number of nitrogens with zero attached hydrogens (tertiary/aromatic N) is 2. The Labute approximate surface area is 376 Å². The van der Waals surface area contributed by atoms with Crippen molar-refractivity contribution in [2.75, 3.05) is 4.90 Å². The summed E-state index contributed by atoms with van der Waals surface area (Å²) >= 11 is 0. The molecule has 13 aromatic rings. The molecule has 2 aromatic heterocycles. The molecule has 0 fully saturated rings. The zero-order valence-corrected chi connectivity index (χ0v) is 35.4. The van der Waals surface area contributed by atoms with Gasteiger partial charge in [0.2, 0.25) is 0 Å². The summed E-state index contributed by atoms with van der Waals surface area (Å²) in [6.07, 6.45) is 0. The van der Waals surface area contributed by atoms with Crippen molar-refractivity contribution in [3.05, 3.63) is 243 Å². The molecule has 0 spiro atoms. The fourth-order valence-electron chi connectivity index (χ4n) is 10.2. The zero-order valence-electron chi connectivity index (χ0n) is 35.4. The molecule has 304 valence electrons. The summed E-state index contributed by atoms with van der Waals surface area (Å²) in [4.78, 5) is 2.40. The highest BCUT2D eigenvalue weighted by Crippen LogP contribution is 2.46. The molecule has 65 heavy (non-hydrogen) atoms. The highest BCUT2D eigenvalue weighted by molar-refractivity contribution is 6.25. The van der Waals surface area contributed by atoms with Crippen molar-refractivity contribution in [3.63, 3.8) is 0 Å². The lowest BCUT2D eigenvalue weighted by atomic mass is 9.93. The maximum absolute atomic E-state index is 6.49. The minimum Gasteiger partial charge on any atom is -0.455 e.